The molecule has 0 amide bonds. The quantitative estimate of drug-likeness (QED) is 0.174. The molecule has 0 rings (SSSR count). The van der Waals surface area contributed by atoms with Crippen molar-refractivity contribution in [1.82, 2.24) is 0 Å². The Balaban J connectivity index is -0.0000000536. The molecule has 0 aliphatic carbocycles. The van der Waals surface area contributed by atoms with E-state index >= 15 is 0 Å². The molecule has 118 valence electrons. The Bertz CT molecular complexity index is 281. The summed E-state index contributed by atoms with van der Waals surface area (Å²) < 4.78 is 0. The zero-order chi connectivity index (χ0) is 15.5. The molecule has 0 heterocycles. The number of carbonyl (C=O) groups excluding carboxylic acids is 6. The van der Waals surface area contributed by atoms with Crippen molar-refractivity contribution in [1.29, 1.82) is 0 Å². The van der Waals surface area contributed by atoms with Crippen LogP contribution in [0.15, 0.2) is 0 Å². The first-order valence-electron chi connectivity index (χ1n) is 3.20. The largest absolute Gasteiger partial charge is 3.00 e. The molecular formula is C6Au2O12. The first-order valence-corrected chi connectivity index (χ1v) is 3.20. The van der Waals surface area contributed by atoms with Gasteiger partial charge in [-0.1, -0.05) is 0 Å². The van der Waals surface area contributed by atoms with Gasteiger partial charge in [0, 0.05) is 0 Å². The Kier molecular flexibility index (Phi) is 26.8. The van der Waals surface area contributed by atoms with E-state index in [2.05, 4.69) is 0 Å². The van der Waals surface area contributed by atoms with Gasteiger partial charge in [0.2, 0.25) is 0 Å². The van der Waals surface area contributed by atoms with Gasteiger partial charge < -0.3 is 59.4 Å². The molecular weight excluding hydrogens is 658 g/mol. The van der Waals surface area contributed by atoms with Gasteiger partial charge in [0.1, 0.15) is 0 Å². The number of carboxylic acids is 6. The van der Waals surface area contributed by atoms with Crippen molar-refractivity contribution in [2.24, 2.45) is 0 Å². The van der Waals surface area contributed by atoms with E-state index in [0.717, 1.165) is 0 Å². The summed E-state index contributed by atoms with van der Waals surface area (Å²) >= 11 is 0. The summed E-state index contributed by atoms with van der Waals surface area (Å²) in [5, 5.41) is 53.6. The molecule has 0 radical (unpaired) electrons. The molecule has 0 atom stereocenters. The van der Waals surface area contributed by atoms with Crippen molar-refractivity contribution in [2.75, 3.05) is 0 Å². The van der Waals surface area contributed by atoms with Gasteiger partial charge in [0.25, 0.3) is 0 Å². The fourth-order valence-electron chi connectivity index (χ4n) is 0. The molecule has 0 N–H and O–H groups in total. The molecule has 0 bridgehead atoms. The molecule has 12 nitrogen and oxygen atoms in total. The molecule has 0 aliphatic heterocycles. The van der Waals surface area contributed by atoms with E-state index < -0.39 is 35.8 Å². The van der Waals surface area contributed by atoms with E-state index in [0.29, 0.717) is 0 Å². The SMILES string of the molecule is O=C([O-])C(=O)[O-].O=C([O-])C(=O)[O-].O=C([O-])C(=O)[O-].[Au+3].[Au+3]. The minimum Gasteiger partial charge on any atom is -0.543 e. The van der Waals surface area contributed by atoms with Gasteiger partial charge in [-0.3, -0.25) is 0 Å². The van der Waals surface area contributed by atoms with Gasteiger partial charge in [-0.05, 0) is 0 Å². The normalized spacial score (nSPS) is 6.60. The third-order valence-electron chi connectivity index (χ3n) is 0.500. The summed E-state index contributed by atoms with van der Waals surface area (Å²) in [5.74, 6) is -13.1. The van der Waals surface area contributed by atoms with E-state index in [1.807, 2.05) is 0 Å². The van der Waals surface area contributed by atoms with Crippen LogP contribution in [0.3, 0.4) is 0 Å². The fraction of sp³-hybridized carbons (Fsp3) is 0. The number of rotatable bonds is 0. The second kappa shape index (κ2) is 17.3. The maximum atomic E-state index is 8.93. The van der Waals surface area contributed by atoms with Gasteiger partial charge in [-0.15, -0.1) is 0 Å². The Morgan fingerprint density at radius 2 is 0.400 bits per heavy atom. The van der Waals surface area contributed by atoms with Gasteiger partial charge in [-0.2, -0.15) is 0 Å². The molecule has 0 saturated carbocycles. The van der Waals surface area contributed by atoms with Crippen molar-refractivity contribution in [2.45, 2.75) is 0 Å². The minimum atomic E-state index is -2.19. The van der Waals surface area contributed by atoms with Gasteiger partial charge in [0.15, 0.2) is 0 Å². The summed E-state index contributed by atoms with van der Waals surface area (Å²) in [6.45, 7) is 0. The summed E-state index contributed by atoms with van der Waals surface area (Å²) in [5.41, 5.74) is 0. The van der Waals surface area contributed by atoms with Crippen LogP contribution >= 0.6 is 0 Å². The average Bonchev–Trinajstić information content (AvgIpc) is 2.18. The smallest absolute Gasteiger partial charge is 0.543 e. The Morgan fingerprint density at radius 3 is 0.400 bits per heavy atom. The third-order valence-corrected chi connectivity index (χ3v) is 0.500. The van der Waals surface area contributed by atoms with Crippen LogP contribution in [0.4, 0.5) is 0 Å². The molecule has 0 aromatic heterocycles. The first-order chi connectivity index (χ1) is 7.93. The van der Waals surface area contributed by atoms with E-state index in [4.69, 9.17) is 59.4 Å². The Morgan fingerprint density at radius 1 is 0.350 bits per heavy atom. The van der Waals surface area contributed by atoms with Crippen LogP contribution in [-0.2, 0) is 73.5 Å². The van der Waals surface area contributed by atoms with E-state index in [9.17, 15) is 0 Å². The summed E-state index contributed by atoms with van der Waals surface area (Å²) in [7, 11) is 0. The molecule has 0 aliphatic rings. The van der Waals surface area contributed by atoms with Gasteiger partial charge >= 0.3 is 44.8 Å². The summed E-state index contributed by atoms with van der Waals surface area (Å²) in [6, 6.07) is 0. The minimum absolute atomic E-state index is 0. The Hall–Kier alpha value is -1.70. The topological polar surface area (TPSA) is 241 Å². The van der Waals surface area contributed by atoms with Crippen molar-refractivity contribution in [3.8, 4) is 0 Å². The van der Waals surface area contributed by atoms with Gasteiger partial charge in [-0.25, -0.2) is 0 Å². The van der Waals surface area contributed by atoms with E-state index in [1.54, 1.807) is 0 Å². The summed E-state index contributed by atoms with van der Waals surface area (Å²) in [4.78, 5) is 53.6. The number of carbonyl (C=O) groups is 6. The number of aliphatic carboxylic acids is 6. The number of carboxylic acid groups (broad SMARTS) is 6. The molecule has 0 aromatic carbocycles. The zero-order valence-corrected chi connectivity index (χ0v) is 12.8. The molecule has 14 heteroatoms. The van der Waals surface area contributed by atoms with Crippen LogP contribution in [0.25, 0.3) is 0 Å². The maximum Gasteiger partial charge on any atom is 3.00 e. The first kappa shape index (κ1) is 31.0. The van der Waals surface area contributed by atoms with Crippen LogP contribution in [0, 0.1) is 0 Å². The maximum absolute atomic E-state index is 8.93. The number of hydrogen-bond acceptors (Lipinski definition) is 12. The van der Waals surface area contributed by atoms with Crippen LogP contribution in [0.5, 0.6) is 0 Å². The predicted molar refractivity (Wildman–Crippen MR) is 30.0 cm³/mol. The van der Waals surface area contributed by atoms with Crippen LogP contribution in [0.2, 0.25) is 0 Å². The van der Waals surface area contributed by atoms with Crippen LogP contribution < -0.4 is 30.6 Å². The fourth-order valence-corrected chi connectivity index (χ4v) is 0. The average molecular weight is 658 g/mol. The molecule has 0 unspecified atom stereocenters. The standard InChI is InChI=1S/3C2H2O4.2Au/c3*3-1(4)2(5)6;;/h3*(H,3,4)(H,5,6);;/q;;;2*+3/p-6. The van der Waals surface area contributed by atoms with E-state index in [1.165, 1.54) is 0 Å². The molecule has 0 spiro atoms. The third kappa shape index (κ3) is 36.0. The molecule has 20 heavy (non-hydrogen) atoms. The van der Waals surface area contributed by atoms with Crippen molar-refractivity contribution in [3.63, 3.8) is 0 Å². The molecule has 0 saturated heterocycles. The van der Waals surface area contributed by atoms with Gasteiger partial charge in [0.05, 0.1) is 35.8 Å². The molecule has 0 aromatic rings. The second-order valence-electron chi connectivity index (χ2n) is 1.72. The van der Waals surface area contributed by atoms with Crippen molar-refractivity contribution >= 4 is 35.8 Å². The molecule has 0 fully saturated rings. The monoisotopic (exact) mass is 658 g/mol. The van der Waals surface area contributed by atoms with Crippen molar-refractivity contribution in [3.05, 3.63) is 0 Å². The predicted octanol–water partition coefficient (Wildman–Crippen LogP) is -10.5. The van der Waals surface area contributed by atoms with Crippen LogP contribution in [-0.4, -0.2) is 35.8 Å². The zero-order valence-electron chi connectivity index (χ0n) is 8.50. The Labute approximate surface area is 140 Å². The van der Waals surface area contributed by atoms with E-state index in [-0.39, 0.29) is 44.8 Å². The van der Waals surface area contributed by atoms with Crippen LogP contribution in [0.1, 0.15) is 0 Å². The second-order valence-corrected chi connectivity index (χ2v) is 1.72. The number of hydrogen-bond donors (Lipinski definition) is 0. The van der Waals surface area contributed by atoms with Crippen molar-refractivity contribution < 1.29 is 104 Å². The summed E-state index contributed by atoms with van der Waals surface area (Å²) in [6.07, 6.45) is 0.